The first kappa shape index (κ1) is 27.4. The number of hydrogen-bond donors (Lipinski definition) is 2. The number of pyridine rings is 1. The van der Waals surface area contributed by atoms with E-state index in [4.69, 9.17) is 15.2 Å². The molecule has 12 heteroatoms. The van der Waals surface area contributed by atoms with Gasteiger partial charge >= 0.3 is 6.18 Å². The molecule has 0 spiro atoms. The Hall–Kier alpha value is -2.21. The van der Waals surface area contributed by atoms with Crippen LogP contribution in [-0.2, 0) is 4.74 Å². The monoisotopic (exact) mass is 508 g/mol. The van der Waals surface area contributed by atoms with E-state index < -0.39 is 49.5 Å². The summed E-state index contributed by atoms with van der Waals surface area (Å²) < 4.78 is 75.4. The van der Waals surface area contributed by atoms with Crippen LogP contribution in [-0.4, -0.2) is 61.1 Å². The van der Waals surface area contributed by atoms with Gasteiger partial charge in [0, 0.05) is 24.6 Å². The lowest BCUT2D eigenvalue weighted by molar-refractivity contribution is -0.153. The van der Waals surface area contributed by atoms with Gasteiger partial charge in [-0.05, 0) is 32.1 Å². The molecule has 0 radical (unpaired) electrons. The van der Waals surface area contributed by atoms with Crippen LogP contribution >= 0.6 is 0 Å². The van der Waals surface area contributed by atoms with Crippen LogP contribution in [0.3, 0.4) is 0 Å². The molecule has 1 saturated carbocycles. The van der Waals surface area contributed by atoms with Crippen molar-refractivity contribution in [2.24, 2.45) is 11.7 Å². The molecule has 0 bridgehead atoms. The summed E-state index contributed by atoms with van der Waals surface area (Å²) in [5.41, 5.74) is 5.24. The predicted octanol–water partition coefficient (Wildman–Crippen LogP) is 4.26. The summed E-state index contributed by atoms with van der Waals surface area (Å²) in [6.45, 7) is 1.49. The lowest BCUT2D eigenvalue weighted by Gasteiger charge is -2.40. The molecule has 1 unspecified atom stereocenters. The van der Waals surface area contributed by atoms with E-state index in [1.54, 1.807) is 0 Å². The highest BCUT2D eigenvalue weighted by Crippen LogP contribution is 2.42. The van der Waals surface area contributed by atoms with E-state index in [1.165, 1.54) is 0 Å². The van der Waals surface area contributed by atoms with Crippen molar-refractivity contribution >= 4 is 11.6 Å². The number of nitrogens with zero attached hydrogens (tertiary/aromatic N) is 2. The van der Waals surface area contributed by atoms with Crippen molar-refractivity contribution in [2.75, 3.05) is 31.2 Å². The Bertz CT molecular complexity index is 873. The van der Waals surface area contributed by atoms with Crippen LogP contribution in [0.2, 0.25) is 0 Å². The third kappa shape index (κ3) is 7.89. The second kappa shape index (κ2) is 10.8. The summed E-state index contributed by atoms with van der Waals surface area (Å²) in [6.07, 6.45) is 0.973. The lowest BCUT2D eigenvalue weighted by atomic mass is 9.90. The minimum Gasteiger partial charge on any atom is -0.482 e. The molecule has 198 valence electrons. The van der Waals surface area contributed by atoms with Crippen molar-refractivity contribution < 1.29 is 36.2 Å². The van der Waals surface area contributed by atoms with Crippen molar-refractivity contribution in [1.29, 1.82) is 0 Å². The van der Waals surface area contributed by atoms with Gasteiger partial charge in [0.2, 0.25) is 0 Å². The topological polar surface area (TPSA) is 89.7 Å². The average molecular weight is 509 g/mol. The van der Waals surface area contributed by atoms with E-state index >= 15 is 0 Å². The number of alkyl halides is 5. The molecule has 3 rings (SSSR count). The molecule has 1 aliphatic carbocycles. The molecule has 1 saturated heterocycles. The molecule has 2 heterocycles. The van der Waals surface area contributed by atoms with E-state index in [-0.39, 0.29) is 23.0 Å². The summed E-state index contributed by atoms with van der Waals surface area (Å²) in [7, 11) is 0. The number of anilines is 1. The molecular weight excluding hydrogens is 475 g/mol. The maximum atomic E-state index is 13.3. The first-order valence-corrected chi connectivity index (χ1v) is 11.8. The van der Waals surface area contributed by atoms with Gasteiger partial charge in [-0.25, -0.2) is 13.8 Å². The number of unbranched alkanes of at least 4 members (excludes halogenated alkanes) is 2. The molecule has 1 aromatic rings. The number of aromatic nitrogens is 1. The van der Waals surface area contributed by atoms with Gasteiger partial charge < -0.3 is 25.4 Å². The van der Waals surface area contributed by atoms with Crippen molar-refractivity contribution in [3.05, 3.63) is 18.0 Å². The minimum atomic E-state index is -4.64. The summed E-state index contributed by atoms with van der Waals surface area (Å²) in [4.78, 5) is 18.2. The number of amides is 1. The van der Waals surface area contributed by atoms with Gasteiger partial charge in [0.1, 0.15) is 17.7 Å². The summed E-state index contributed by atoms with van der Waals surface area (Å²) in [5, 5.41) is 2.92. The van der Waals surface area contributed by atoms with Crippen LogP contribution in [0.15, 0.2) is 12.3 Å². The smallest absolute Gasteiger partial charge is 0.422 e. The lowest BCUT2D eigenvalue weighted by Crippen LogP contribution is -2.56. The van der Waals surface area contributed by atoms with Crippen LogP contribution in [0.5, 0.6) is 5.75 Å². The fraction of sp³-hybridized carbons (Fsp3) is 0.739. The molecule has 0 aromatic carbocycles. The van der Waals surface area contributed by atoms with Gasteiger partial charge in [-0.3, -0.25) is 4.79 Å². The summed E-state index contributed by atoms with van der Waals surface area (Å²) >= 11 is 0. The maximum absolute atomic E-state index is 13.3. The van der Waals surface area contributed by atoms with E-state index in [1.807, 2.05) is 6.92 Å². The first-order valence-electron chi connectivity index (χ1n) is 11.8. The second-order valence-electron chi connectivity index (χ2n) is 9.62. The Morgan fingerprint density at radius 1 is 1.31 bits per heavy atom. The number of carbonyl (C=O) groups excluding carboxylic acids is 1. The Morgan fingerprint density at radius 2 is 2.00 bits per heavy atom. The molecule has 7 nitrogen and oxygen atoms in total. The third-order valence-corrected chi connectivity index (χ3v) is 6.24. The highest BCUT2D eigenvalue weighted by atomic mass is 19.4. The Labute approximate surface area is 201 Å². The van der Waals surface area contributed by atoms with Crippen LogP contribution in [0.25, 0.3) is 0 Å². The standard InChI is InChI=1S/C23H33F5N4O3/c1-3-4-5-8-34-19(29)10-21(2,15-6-7-15)31-20(33)16-9-18(35-14-23(26,27)28)17(11-30-16)32-12-22(24,25)13-32/h9,11,15,19H,3-8,10,12-14,29H2,1-2H3,(H,31,33)/t19?,21-/m1/s1. The number of nitrogens with one attached hydrogen (secondary N) is 1. The number of rotatable bonds is 13. The normalized spacial score (nSPS) is 20.1. The molecule has 1 aromatic heterocycles. The van der Waals surface area contributed by atoms with Gasteiger partial charge in [0.05, 0.1) is 25.0 Å². The van der Waals surface area contributed by atoms with Crippen LogP contribution in [0, 0.1) is 5.92 Å². The number of hydrogen-bond acceptors (Lipinski definition) is 6. The largest absolute Gasteiger partial charge is 0.482 e. The van der Waals surface area contributed by atoms with E-state index in [9.17, 15) is 26.7 Å². The summed E-state index contributed by atoms with van der Waals surface area (Å²) in [5.74, 6) is -3.71. The van der Waals surface area contributed by atoms with Crippen molar-refractivity contribution in [3.8, 4) is 5.75 Å². The van der Waals surface area contributed by atoms with Gasteiger partial charge in [-0.15, -0.1) is 0 Å². The third-order valence-electron chi connectivity index (χ3n) is 6.24. The molecule has 3 N–H and O–H groups in total. The van der Waals surface area contributed by atoms with Crippen molar-refractivity contribution in [1.82, 2.24) is 10.3 Å². The fourth-order valence-electron chi connectivity index (χ4n) is 4.18. The molecule has 2 fully saturated rings. The average Bonchev–Trinajstić information content (AvgIpc) is 3.59. The second-order valence-corrected chi connectivity index (χ2v) is 9.62. The number of carbonyl (C=O) groups is 1. The molecule has 2 aliphatic rings. The minimum absolute atomic E-state index is 0.0239. The van der Waals surface area contributed by atoms with Gasteiger partial charge in [0.15, 0.2) is 6.61 Å². The van der Waals surface area contributed by atoms with E-state index in [0.717, 1.165) is 49.3 Å². The van der Waals surface area contributed by atoms with Crippen LogP contribution in [0.1, 0.15) is 62.9 Å². The summed E-state index contributed by atoms with van der Waals surface area (Å²) in [6, 6.07) is 1.06. The number of halogens is 5. The predicted molar refractivity (Wildman–Crippen MR) is 120 cm³/mol. The van der Waals surface area contributed by atoms with Gasteiger partial charge in [-0.1, -0.05) is 19.8 Å². The van der Waals surface area contributed by atoms with Gasteiger partial charge in [0.25, 0.3) is 11.8 Å². The van der Waals surface area contributed by atoms with Crippen molar-refractivity contribution in [3.63, 3.8) is 0 Å². The Kier molecular flexibility index (Phi) is 8.46. The zero-order valence-corrected chi connectivity index (χ0v) is 20.0. The highest BCUT2D eigenvalue weighted by molar-refractivity contribution is 5.93. The van der Waals surface area contributed by atoms with Crippen LogP contribution < -0.4 is 20.7 Å². The zero-order chi connectivity index (χ0) is 25.9. The van der Waals surface area contributed by atoms with E-state index in [0.29, 0.717) is 13.0 Å². The quantitative estimate of drug-likeness (QED) is 0.235. The van der Waals surface area contributed by atoms with Gasteiger partial charge in [-0.2, -0.15) is 13.2 Å². The number of nitrogens with two attached hydrogens (primary N) is 1. The number of ether oxygens (including phenoxy) is 2. The molecule has 35 heavy (non-hydrogen) atoms. The Morgan fingerprint density at radius 3 is 2.57 bits per heavy atom. The van der Waals surface area contributed by atoms with E-state index in [2.05, 4.69) is 17.2 Å². The molecule has 1 amide bonds. The van der Waals surface area contributed by atoms with Crippen LogP contribution in [0.4, 0.5) is 27.6 Å². The van der Waals surface area contributed by atoms with Crippen molar-refractivity contribution in [2.45, 2.75) is 76.2 Å². The molecule has 2 atom stereocenters. The highest BCUT2D eigenvalue weighted by Gasteiger charge is 2.46. The Balaban J connectivity index is 1.71. The molecule has 1 aliphatic heterocycles. The maximum Gasteiger partial charge on any atom is 0.422 e. The zero-order valence-electron chi connectivity index (χ0n) is 20.0. The SMILES string of the molecule is CCCCCOC(N)C[C@@](C)(NC(=O)c1cc(OCC(F)(F)F)c(N2CC(F)(F)C2)cn1)C1CC1. The fourth-order valence-corrected chi connectivity index (χ4v) is 4.18. The first-order chi connectivity index (χ1) is 16.3. The molecular formula is C23H33F5N4O3.